The summed E-state index contributed by atoms with van der Waals surface area (Å²) in [5.41, 5.74) is -0.373. The fraction of sp³-hybridized carbons (Fsp3) is 0.963. The number of nitrogens with one attached hydrogen (secondary N) is 1. The lowest BCUT2D eigenvalue weighted by molar-refractivity contribution is -0.136. The van der Waals surface area contributed by atoms with Crippen molar-refractivity contribution in [3.05, 3.63) is 0 Å². The molecule has 10 fully saturated rings. The Morgan fingerprint density at radius 1 is 0.556 bits per heavy atom. The highest BCUT2D eigenvalue weighted by atomic mass is 79.9. The third-order valence-electron chi connectivity index (χ3n) is 20.6. The van der Waals surface area contributed by atoms with Gasteiger partial charge in [0.25, 0.3) is 0 Å². The number of alkyl halides is 1. The van der Waals surface area contributed by atoms with Crippen molar-refractivity contribution in [3.8, 4) is 0 Å². The first-order valence-corrected chi connectivity index (χ1v) is 27.7. The largest absolute Gasteiger partial charge is 0.390 e. The number of ketones is 2. The molecule has 0 aromatic heterocycles. The monoisotopic (exact) mass is 943 g/mol. The normalized spacial score (nSPS) is 51.5. The van der Waals surface area contributed by atoms with E-state index >= 15 is 0 Å². The van der Waals surface area contributed by atoms with Crippen LogP contribution in [0.2, 0.25) is 0 Å². The Kier molecular flexibility index (Phi) is 15.2. The van der Waals surface area contributed by atoms with E-state index in [9.17, 15) is 19.8 Å². The van der Waals surface area contributed by atoms with Gasteiger partial charge < -0.3 is 25.0 Å². The van der Waals surface area contributed by atoms with Crippen molar-refractivity contribution in [2.75, 3.05) is 38.1 Å². The second-order valence-corrected chi connectivity index (χ2v) is 25.7. The molecular formula is C54H91BrN2O6. The van der Waals surface area contributed by atoms with E-state index < -0.39 is 11.2 Å². The lowest BCUT2D eigenvalue weighted by Crippen LogP contribution is -2.52. The summed E-state index contributed by atoms with van der Waals surface area (Å²) in [6, 6.07) is 0. The maximum atomic E-state index is 13.5. The van der Waals surface area contributed by atoms with Crippen molar-refractivity contribution < 1.29 is 29.3 Å². The first-order valence-electron chi connectivity index (χ1n) is 26.6. The van der Waals surface area contributed by atoms with Crippen LogP contribution in [-0.2, 0) is 19.1 Å². The lowest BCUT2D eigenvalue weighted by atomic mass is 9.49. The Bertz CT molecular complexity index is 1570. The van der Waals surface area contributed by atoms with Crippen LogP contribution in [0, 0.1) is 81.8 Å². The SMILES string of the molecule is C[C@@]1(O)CC[C@H]2[C@H](CC[C@@H]3[C@@H]2CC[C@]2(C)[C@@H](C(=O)CBr)CC[C@@H]32)C1.C[C@H]1CN(CC(=O)[C@H]2CC[C@H]3[C@@H]4CC[C@@H]5C[C@](C)(O)CC[C@@H]5[C@H]4CC[C@]23C)C[C@H](C)O1.C[C@H]1CNC[C@H](C)O1. The molecule has 3 N–H and O–H groups in total. The third-order valence-corrected chi connectivity index (χ3v) is 21.1. The molecule has 9 heteroatoms. The quantitative estimate of drug-likeness (QED) is 0.234. The van der Waals surface area contributed by atoms with E-state index in [2.05, 4.69) is 74.6 Å². The summed E-state index contributed by atoms with van der Waals surface area (Å²) in [6.45, 7) is 21.8. The van der Waals surface area contributed by atoms with Gasteiger partial charge >= 0.3 is 0 Å². The second-order valence-electron chi connectivity index (χ2n) is 25.1. The van der Waals surface area contributed by atoms with Gasteiger partial charge in [-0.1, -0.05) is 29.8 Å². The molecular weight excluding hydrogens is 853 g/mol. The molecule has 10 aliphatic rings. The molecule has 2 heterocycles. The van der Waals surface area contributed by atoms with Gasteiger partial charge in [0.2, 0.25) is 0 Å². The molecule has 63 heavy (non-hydrogen) atoms. The van der Waals surface area contributed by atoms with E-state index in [1.807, 2.05) is 6.92 Å². The maximum absolute atomic E-state index is 13.5. The number of hydrogen-bond donors (Lipinski definition) is 3. The number of halogens is 1. The number of carbonyl (C=O) groups excluding carboxylic acids is 2. The van der Waals surface area contributed by atoms with Gasteiger partial charge in [-0.05, 0) is 227 Å². The van der Waals surface area contributed by atoms with E-state index in [4.69, 9.17) is 9.47 Å². The minimum absolute atomic E-state index is 0.217. The van der Waals surface area contributed by atoms with Gasteiger partial charge in [-0.3, -0.25) is 14.5 Å². The summed E-state index contributed by atoms with van der Waals surface area (Å²) >= 11 is 3.42. The van der Waals surface area contributed by atoms with Crippen molar-refractivity contribution in [2.45, 2.75) is 207 Å². The van der Waals surface area contributed by atoms with Crippen LogP contribution in [0.1, 0.15) is 171 Å². The molecule has 0 unspecified atom stereocenters. The van der Waals surface area contributed by atoms with Gasteiger partial charge in [-0.25, -0.2) is 0 Å². The van der Waals surface area contributed by atoms with Gasteiger partial charge in [0, 0.05) is 38.0 Å². The van der Waals surface area contributed by atoms with Gasteiger partial charge in [0.15, 0.2) is 0 Å². The average Bonchev–Trinajstić information content (AvgIpc) is 3.76. The molecule has 20 atom stereocenters. The molecule has 0 spiro atoms. The zero-order valence-electron chi connectivity index (χ0n) is 41.1. The Labute approximate surface area is 391 Å². The zero-order chi connectivity index (χ0) is 45.1. The van der Waals surface area contributed by atoms with Crippen LogP contribution < -0.4 is 5.32 Å². The first kappa shape index (κ1) is 49.0. The number of fused-ring (bicyclic) bond motifs is 10. The summed E-state index contributed by atoms with van der Waals surface area (Å²) in [4.78, 5) is 28.3. The van der Waals surface area contributed by atoms with E-state index in [0.29, 0.717) is 41.6 Å². The topological polar surface area (TPSA) is 108 Å². The Morgan fingerprint density at radius 3 is 1.41 bits per heavy atom. The molecule has 8 aliphatic carbocycles. The van der Waals surface area contributed by atoms with Crippen LogP contribution in [0.25, 0.3) is 0 Å². The van der Waals surface area contributed by atoms with E-state index in [1.54, 1.807) is 0 Å². The molecule has 8 nitrogen and oxygen atoms in total. The van der Waals surface area contributed by atoms with Crippen LogP contribution in [0.5, 0.6) is 0 Å². The predicted molar refractivity (Wildman–Crippen MR) is 256 cm³/mol. The van der Waals surface area contributed by atoms with Crippen LogP contribution in [-0.4, -0.2) is 100 Å². The highest BCUT2D eigenvalue weighted by Gasteiger charge is 2.60. The van der Waals surface area contributed by atoms with Crippen molar-refractivity contribution in [2.24, 2.45) is 81.8 Å². The fourth-order valence-electron chi connectivity index (χ4n) is 18.0. The molecule has 2 saturated heterocycles. The van der Waals surface area contributed by atoms with Crippen molar-refractivity contribution >= 4 is 27.5 Å². The lowest BCUT2D eigenvalue weighted by Gasteiger charge is -2.57. The number of aliphatic hydroxyl groups is 2. The minimum atomic E-state index is -0.434. The van der Waals surface area contributed by atoms with Crippen molar-refractivity contribution in [1.29, 1.82) is 0 Å². The van der Waals surface area contributed by atoms with Crippen molar-refractivity contribution in [1.82, 2.24) is 10.2 Å². The summed E-state index contributed by atoms with van der Waals surface area (Å²) in [6.07, 6.45) is 22.9. The minimum Gasteiger partial charge on any atom is -0.390 e. The van der Waals surface area contributed by atoms with Gasteiger partial charge in [-0.15, -0.1) is 0 Å². The number of Topliss-reactive ketones (excluding diaryl/α,β-unsaturated/α-hetero) is 2. The molecule has 0 aromatic rings. The van der Waals surface area contributed by atoms with Crippen LogP contribution in [0.4, 0.5) is 0 Å². The average molecular weight is 944 g/mol. The standard InChI is InChI=1S/C27H45NO3.C21H33BrO2.C6H13NO/c1-17-14-28(15-18(2)31-17)16-25(29)24-8-7-23-22-6-5-19-13-26(3,30)11-9-20(19)21(22)10-12-27(23,24)4;1-20(24)9-7-14-13(11-20)3-4-16-15(14)8-10-21(2)17(16)5-6-18(21)19(23)12-22;1-5-3-7-4-6(2)8-5/h17-24,30H,5-16H2,1-4H3;13-18,24H,3-12H2,1-2H3;5-7H,3-4H2,1-2H3/t17-,18-,19+,20-,21+,22+,23-,24+,26+,27-;13-,14+,15-,16-,17+,18-,20-,21+;5-,6-/m010/s1. The number of morpholine rings is 2. The molecule has 8 saturated carbocycles. The van der Waals surface area contributed by atoms with E-state index in [0.717, 1.165) is 124 Å². The second kappa shape index (κ2) is 19.5. The summed E-state index contributed by atoms with van der Waals surface area (Å²) in [5, 5.41) is 24.9. The van der Waals surface area contributed by atoms with Gasteiger partial charge in [-0.2, -0.15) is 0 Å². The van der Waals surface area contributed by atoms with Crippen LogP contribution >= 0.6 is 15.9 Å². The van der Waals surface area contributed by atoms with Gasteiger partial charge in [0.05, 0.1) is 47.5 Å². The van der Waals surface area contributed by atoms with Crippen LogP contribution in [0.15, 0.2) is 0 Å². The van der Waals surface area contributed by atoms with Crippen molar-refractivity contribution in [3.63, 3.8) is 0 Å². The molecule has 0 radical (unpaired) electrons. The Balaban J connectivity index is 0.000000150. The fourth-order valence-corrected chi connectivity index (χ4v) is 18.4. The number of rotatable bonds is 5. The van der Waals surface area contributed by atoms with Crippen LogP contribution in [0.3, 0.4) is 0 Å². The molecule has 0 bridgehead atoms. The maximum Gasteiger partial charge on any atom is 0.150 e. The summed E-state index contributed by atoms with van der Waals surface area (Å²) in [5.74, 6) is 9.58. The number of nitrogens with zero attached hydrogens (tertiary/aromatic N) is 1. The summed E-state index contributed by atoms with van der Waals surface area (Å²) in [7, 11) is 0. The molecule has 2 aliphatic heterocycles. The highest BCUT2D eigenvalue weighted by Crippen LogP contribution is 2.66. The first-order chi connectivity index (χ1) is 29.8. The van der Waals surface area contributed by atoms with E-state index in [-0.39, 0.29) is 29.0 Å². The Hall–Kier alpha value is -0.420. The number of hydrogen-bond acceptors (Lipinski definition) is 8. The summed E-state index contributed by atoms with van der Waals surface area (Å²) < 4.78 is 11.3. The van der Waals surface area contributed by atoms with Gasteiger partial charge in [0.1, 0.15) is 11.6 Å². The molecule has 0 amide bonds. The highest BCUT2D eigenvalue weighted by molar-refractivity contribution is 9.09. The third kappa shape index (κ3) is 10.3. The molecule has 0 aromatic carbocycles. The number of carbonyl (C=O) groups is 2. The smallest absolute Gasteiger partial charge is 0.150 e. The van der Waals surface area contributed by atoms with E-state index in [1.165, 1.54) is 77.0 Å². The molecule has 360 valence electrons. The predicted octanol–water partition coefficient (Wildman–Crippen LogP) is 10.0. The zero-order valence-corrected chi connectivity index (χ0v) is 42.6. The Morgan fingerprint density at radius 2 is 0.984 bits per heavy atom. The number of ether oxygens (including phenoxy) is 2. The molecule has 10 rings (SSSR count).